The molecule has 2 aromatic rings. The van der Waals surface area contributed by atoms with Crippen molar-refractivity contribution in [3.63, 3.8) is 0 Å². The van der Waals surface area contributed by atoms with Crippen molar-refractivity contribution in [1.82, 2.24) is 10.6 Å². The molecule has 4 heteroatoms. The Kier molecular flexibility index (Phi) is 6.63. The van der Waals surface area contributed by atoms with Crippen LogP contribution in [0.4, 0.5) is 0 Å². The Hall–Kier alpha value is -2.33. The summed E-state index contributed by atoms with van der Waals surface area (Å²) in [5.74, 6) is 1.68. The second-order valence-electron chi connectivity index (χ2n) is 5.48. The smallest absolute Gasteiger partial charge is 0.220 e. The highest BCUT2D eigenvalue weighted by atomic mass is 16.5. The number of carbonyl (C=O) groups is 1. The van der Waals surface area contributed by atoms with E-state index in [1.54, 1.807) is 0 Å². The number of rotatable bonds is 8. The summed E-state index contributed by atoms with van der Waals surface area (Å²) in [5.41, 5.74) is 1.06. The summed E-state index contributed by atoms with van der Waals surface area (Å²) in [6.07, 6.45) is 1.39. The number of carbonyl (C=O) groups excluding carboxylic acids is 1. The van der Waals surface area contributed by atoms with Crippen molar-refractivity contribution in [3.8, 4) is 11.5 Å². The Balaban J connectivity index is 1.87. The van der Waals surface area contributed by atoms with Crippen molar-refractivity contribution in [2.75, 3.05) is 13.6 Å². The number of benzene rings is 2. The van der Waals surface area contributed by atoms with E-state index in [2.05, 4.69) is 10.6 Å². The third kappa shape index (κ3) is 5.75. The Morgan fingerprint density at radius 1 is 1.04 bits per heavy atom. The fourth-order valence-corrected chi connectivity index (χ4v) is 2.27. The van der Waals surface area contributed by atoms with Crippen LogP contribution in [0.25, 0.3) is 0 Å². The minimum Gasteiger partial charge on any atom is -0.457 e. The van der Waals surface area contributed by atoms with Crippen LogP contribution < -0.4 is 15.4 Å². The summed E-state index contributed by atoms with van der Waals surface area (Å²) in [5, 5.41) is 6.06. The molecule has 0 heterocycles. The van der Waals surface area contributed by atoms with Gasteiger partial charge >= 0.3 is 0 Å². The summed E-state index contributed by atoms with van der Waals surface area (Å²) in [7, 11) is 1.89. The molecule has 0 saturated carbocycles. The molecule has 0 aliphatic carbocycles. The van der Waals surface area contributed by atoms with Crippen LogP contribution in [0.2, 0.25) is 0 Å². The van der Waals surface area contributed by atoms with Gasteiger partial charge in [0.15, 0.2) is 0 Å². The zero-order chi connectivity index (χ0) is 16.5. The van der Waals surface area contributed by atoms with Crippen molar-refractivity contribution in [3.05, 3.63) is 60.2 Å². The number of para-hydroxylation sites is 1. The molecule has 0 fully saturated rings. The lowest BCUT2D eigenvalue weighted by Crippen LogP contribution is -2.27. The molecule has 0 aliphatic heterocycles. The predicted molar refractivity (Wildman–Crippen MR) is 92.7 cm³/mol. The maximum absolute atomic E-state index is 11.8. The van der Waals surface area contributed by atoms with E-state index in [1.807, 2.05) is 68.6 Å². The van der Waals surface area contributed by atoms with Crippen LogP contribution in [0, 0.1) is 0 Å². The van der Waals surface area contributed by atoms with Crippen LogP contribution in [0.3, 0.4) is 0 Å². The predicted octanol–water partition coefficient (Wildman–Crippen LogP) is 3.66. The summed E-state index contributed by atoms with van der Waals surface area (Å²) in [4.78, 5) is 11.8. The van der Waals surface area contributed by atoms with Gasteiger partial charge in [0, 0.05) is 6.42 Å². The largest absolute Gasteiger partial charge is 0.457 e. The molecule has 23 heavy (non-hydrogen) atoms. The van der Waals surface area contributed by atoms with Gasteiger partial charge in [-0.05, 0) is 56.8 Å². The van der Waals surface area contributed by atoms with E-state index in [0.29, 0.717) is 6.42 Å². The van der Waals surface area contributed by atoms with Gasteiger partial charge in [0.05, 0.1) is 6.04 Å². The normalized spacial score (nSPS) is 11.7. The maximum atomic E-state index is 11.8. The first kappa shape index (κ1) is 17.0. The van der Waals surface area contributed by atoms with Crippen LogP contribution in [0.5, 0.6) is 11.5 Å². The third-order valence-corrected chi connectivity index (χ3v) is 3.57. The van der Waals surface area contributed by atoms with Gasteiger partial charge in [0.25, 0.3) is 0 Å². The van der Waals surface area contributed by atoms with E-state index >= 15 is 0 Å². The molecule has 0 aliphatic rings. The van der Waals surface area contributed by atoms with Crippen molar-refractivity contribution in [2.45, 2.75) is 25.8 Å². The molecule has 1 atom stereocenters. The van der Waals surface area contributed by atoms with E-state index in [-0.39, 0.29) is 11.9 Å². The van der Waals surface area contributed by atoms with E-state index in [0.717, 1.165) is 30.0 Å². The Bertz CT molecular complexity index is 597. The van der Waals surface area contributed by atoms with Crippen LogP contribution in [-0.2, 0) is 4.79 Å². The topological polar surface area (TPSA) is 50.4 Å². The third-order valence-electron chi connectivity index (χ3n) is 3.57. The minimum atomic E-state index is -0.0112. The van der Waals surface area contributed by atoms with Crippen molar-refractivity contribution in [1.29, 1.82) is 0 Å². The zero-order valence-corrected chi connectivity index (χ0v) is 13.7. The van der Waals surface area contributed by atoms with Gasteiger partial charge in [0.1, 0.15) is 11.5 Å². The first-order chi connectivity index (χ1) is 11.2. The van der Waals surface area contributed by atoms with Gasteiger partial charge in [-0.3, -0.25) is 4.79 Å². The molecular weight excluding hydrogens is 288 g/mol. The number of ether oxygens (including phenoxy) is 1. The van der Waals surface area contributed by atoms with E-state index < -0.39 is 0 Å². The molecule has 1 amide bonds. The standard InChI is InChI=1S/C19H24N2O2/c1-15(21-19(22)9-6-14-20-2)16-10-12-18(13-11-16)23-17-7-4-3-5-8-17/h3-5,7-8,10-13,15,20H,6,9,14H2,1-2H3,(H,21,22). The van der Waals surface area contributed by atoms with E-state index in [9.17, 15) is 4.79 Å². The molecular formula is C19H24N2O2. The first-order valence-electron chi connectivity index (χ1n) is 7.96. The van der Waals surface area contributed by atoms with Gasteiger partial charge < -0.3 is 15.4 Å². The molecule has 2 rings (SSSR count). The van der Waals surface area contributed by atoms with E-state index in [1.165, 1.54) is 0 Å². The molecule has 0 radical (unpaired) electrons. The molecule has 122 valence electrons. The lowest BCUT2D eigenvalue weighted by atomic mass is 10.1. The monoisotopic (exact) mass is 312 g/mol. The van der Waals surface area contributed by atoms with Crippen molar-refractivity contribution >= 4 is 5.91 Å². The maximum Gasteiger partial charge on any atom is 0.220 e. The quantitative estimate of drug-likeness (QED) is 0.731. The highest BCUT2D eigenvalue weighted by Crippen LogP contribution is 2.23. The molecule has 0 aromatic heterocycles. The molecule has 4 nitrogen and oxygen atoms in total. The minimum absolute atomic E-state index is 0.0112. The lowest BCUT2D eigenvalue weighted by Gasteiger charge is -2.15. The number of nitrogens with one attached hydrogen (secondary N) is 2. The highest BCUT2D eigenvalue weighted by Gasteiger charge is 2.09. The van der Waals surface area contributed by atoms with Crippen LogP contribution in [0.1, 0.15) is 31.4 Å². The molecule has 0 bridgehead atoms. The van der Waals surface area contributed by atoms with E-state index in [4.69, 9.17) is 4.74 Å². The van der Waals surface area contributed by atoms with Crippen LogP contribution in [-0.4, -0.2) is 19.5 Å². The molecule has 0 spiro atoms. The molecule has 0 saturated heterocycles. The van der Waals surface area contributed by atoms with Crippen molar-refractivity contribution < 1.29 is 9.53 Å². The summed E-state index contributed by atoms with van der Waals surface area (Å²) in [6.45, 7) is 2.84. The average Bonchev–Trinajstić information content (AvgIpc) is 2.56. The second kappa shape index (κ2) is 8.96. The fraction of sp³-hybridized carbons (Fsp3) is 0.316. The molecule has 1 unspecified atom stereocenters. The lowest BCUT2D eigenvalue weighted by molar-refractivity contribution is -0.121. The zero-order valence-electron chi connectivity index (χ0n) is 13.7. The van der Waals surface area contributed by atoms with Gasteiger partial charge in [-0.25, -0.2) is 0 Å². The fourth-order valence-electron chi connectivity index (χ4n) is 2.27. The number of amides is 1. The van der Waals surface area contributed by atoms with Gasteiger partial charge in [-0.15, -0.1) is 0 Å². The SMILES string of the molecule is CNCCCC(=O)NC(C)c1ccc(Oc2ccccc2)cc1. The first-order valence-corrected chi connectivity index (χ1v) is 7.96. The molecule has 2 aromatic carbocycles. The summed E-state index contributed by atoms with van der Waals surface area (Å²) < 4.78 is 5.77. The van der Waals surface area contributed by atoms with Gasteiger partial charge in [-0.2, -0.15) is 0 Å². The van der Waals surface area contributed by atoms with Crippen molar-refractivity contribution in [2.24, 2.45) is 0 Å². The number of hydrogen-bond acceptors (Lipinski definition) is 3. The Morgan fingerprint density at radius 3 is 2.35 bits per heavy atom. The Morgan fingerprint density at radius 2 is 1.70 bits per heavy atom. The second-order valence-corrected chi connectivity index (χ2v) is 5.48. The Labute approximate surface area is 137 Å². The van der Waals surface area contributed by atoms with Gasteiger partial charge in [-0.1, -0.05) is 30.3 Å². The summed E-state index contributed by atoms with van der Waals surface area (Å²) >= 11 is 0. The highest BCUT2D eigenvalue weighted by molar-refractivity contribution is 5.76. The molecule has 2 N–H and O–H groups in total. The summed E-state index contributed by atoms with van der Waals surface area (Å²) in [6, 6.07) is 17.5. The van der Waals surface area contributed by atoms with Crippen LogP contribution >= 0.6 is 0 Å². The van der Waals surface area contributed by atoms with Crippen LogP contribution in [0.15, 0.2) is 54.6 Å². The van der Waals surface area contributed by atoms with Gasteiger partial charge in [0.2, 0.25) is 5.91 Å². The average molecular weight is 312 g/mol. The number of hydrogen-bond donors (Lipinski definition) is 2.